The summed E-state index contributed by atoms with van der Waals surface area (Å²) < 4.78 is 32.9. The van der Waals surface area contributed by atoms with E-state index in [2.05, 4.69) is 0 Å². The highest BCUT2D eigenvalue weighted by Crippen LogP contribution is 2.33. The van der Waals surface area contributed by atoms with Gasteiger partial charge in [-0.25, -0.2) is 8.42 Å². The Hall–Kier alpha value is -2.38. The minimum absolute atomic E-state index is 0.0290. The summed E-state index contributed by atoms with van der Waals surface area (Å²) in [6.07, 6.45) is 1.37. The molecule has 0 bridgehead atoms. The van der Waals surface area contributed by atoms with E-state index in [1.54, 1.807) is 35.2 Å². The molecular formula is C20H22N2O4S. The molecule has 7 heteroatoms. The Morgan fingerprint density at radius 2 is 1.74 bits per heavy atom. The van der Waals surface area contributed by atoms with Crippen LogP contribution in [0.1, 0.15) is 12.8 Å². The molecule has 1 amide bonds. The molecule has 2 aliphatic heterocycles. The van der Waals surface area contributed by atoms with Gasteiger partial charge in [0.1, 0.15) is 12.4 Å². The van der Waals surface area contributed by atoms with E-state index in [-0.39, 0.29) is 23.3 Å². The van der Waals surface area contributed by atoms with Crippen LogP contribution in [-0.2, 0) is 14.8 Å². The lowest BCUT2D eigenvalue weighted by Gasteiger charge is -2.36. The van der Waals surface area contributed by atoms with Gasteiger partial charge in [0, 0.05) is 13.1 Å². The van der Waals surface area contributed by atoms with Crippen molar-refractivity contribution in [3.8, 4) is 5.75 Å². The first-order valence-electron chi connectivity index (χ1n) is 9.16. The Kier molecular flexibility index (Phi) is 4.88. The van der Waals surface area contributed by atoms with Crippen molar-refractivity contribution in [3.63, 3.8) is 0 Å². The monoisotopic (exact) mass is 386 g/mol. The predicted molar refractivity (Wildman–Crippen MR) is 102 cm³/mol. The molecule has 0 unspecified atom stereocenters. The first kappa shape index (κ1) is 18.0. The van der Waals surface area contributed by atoms with E-state index in [1.165, 1.54) is 4.31 Å². The lowest BCUT2D eigenvalue weighted by atomic mass is 9.97. The zero-order chi connectivity index (χ0) is 18.9. The second-order valence-corrected chi connectivity index (χ2v) is 8.76. The summed E-state index contributed by atoms with van der Waals surface area (Å²) in [4.78, 5) is 15.2. The first-order chi connectivity index (χ1) is 13.1. The summed E-state index contributed by atoms with van der Waals surface area (Å²) in [7, 11) is -3.58. The zero-order valence-electron chi connectivity index (χ0n) is 15.0. The normalized spacial score (nSPS) is 20.6. The largest absolute Gasteiger partial charge is 0.490 e. The fraction of sp³-hybridized carbons (Fsp3) is 0.350. The van der Waals surface area contributed by atoms with Gasteiger partial charge in [-0.1, -0.05) is 30.3 Å². The number of hydrogen-bond donors (Lipinski definition) is 0. The van der Waals surface area contributed by atoms with E-state index in [0.29, 0.717) is 38.3 Å². The fourth-order valence-corrected chi connectivity index (χ4v) is 5.27. The van der Waals surface area contributed by atoms with Gasteiger partial charge in [-0.05, 0) is 37.1 Å². The number of ether oxygens (including phenoxy) is 1. The van der Waals surface area contributed by atoms with Crippen molar-refractivity contribution >= 4 is 21.6 Å². The number of sulfonamides is 1. The van der Waals surface area contributed by atoms with Crippen LogP contribution in [0, 0.1) is 5.92 Å². The standard InChI is InChI=1S/C20H22N2O4S/c23-20(22-13-14-26-19-11-5-4-10-18(19)22)16-7-6-12-21(15-16)27(24,25)17-8-2-1-3-9-17/h1-5,8-11,16H,6-7,12-15H2/t16-/m1/s1. The van der Waals surface area contributed by atoms with Gasteiger partial charge in [0.25, 0.3) is 0 Å². The van der Waals surface area contributed by atoms with Gasteiger partial charge in [0.15, 0.2) is 0 Å². The number of para-hydroxylation sites is 2. The molecule has 142 valence electrons. The Bertz CT molecular complexity index is 930. The van der Waals surface area contributed by atoms with Crippen molar-refractivity contribution in [1.29, 1.82) is 0 Å². The number of fused-ring (bicyclic) bond motifs is 1. The minimum atomic E-state index is -3.58. The average molecular weight is 386 g/mol. The first-order valence-corrected chi connectivity index (χ1v) is 10.6. The number of piperidine rings is 1. The molecule has 2 aliphatic rings. The van der Waals surface area contributed by atoms with Crippen LogP contribution in [0.2, 0.25) is 0 Å². The van der Waals surface area contributed by atoms with Crippen LogP contribution in [0.25, 0.3) is 0 Å². The van der Waals surface area contributed by atoms with E-state index in [9.17, 15) is 13.2 Å². The summed E-state index contributed by atoms with van der Waals surface area (Å²) in [5.74, 6) is 0.323. The summed E-state index contributed by atoms with van der Waals surface area (Å²) in [6, 6.07) is 15.9. The maximum absolute atomic E-state index is 13.2. The van der Waals surface area contributed by atoms with Crippen molar-refractivity contribution in [1.82, 2.24) is 4.31 Å². The highest BCUT2D eigenvalue weighted by atomic mass is 32.2. The topological polar surface area (TPSA) is 66.9 Å². The molecule has 0 aromatic heterocycles. The summed E-state index contributed by atoms with van der Waals surface area (Å²) in [5, 5.41) is 0. The van der Waals surface area contributed by atoms with Gasteiger partial charge in [-0.15, -0.1) is 0 Å². The van der Waals surface area contributed by atoms with E-state index in [1.807, 2.05) is 24.3 Å². The molecule has 1 saturated heterocycles. The van der Waals surface area contributed by atoms with Gasteiger partial charge in [-0.3, -0.25) is 4.79 Å². The second-order valence-electron chi connectivity index (χ2n) is 6.82. The molecule has 1 fully saturated rings. The zero-order valence-corrected chi connectivity index (χ0v) is 15.8. The molecule has 0 radical (unpaired) electrons. The van der Waals surface area contributed by atoms with Crippen molar-refractivity contribution < 1.29 is 17.9 Å². The molecule has 2 heterocycles. The van der Waals surface area contributed by atoms with Crippen LogP contribution in [0.15, 0.2) is 59.5 Å². The Balaban J connectivity index is 1.55. The number of benzene rings is 2. The average Bonchev–Trinajstić information content (AvgIpc) is 2.73. The number of anilines is 1. The Morgan fingerprint density at radius 1 is 1.00 bits per heavy atom. The number of carbonyl (C=O) groups is 1. The van der Waals surface area contributed by atoms with Crippen LogP contribution in [-0.4, -0.2) is 44.9 Å². The summed E-state index contributed by atoms with van der Waals surface area (Å²) in [6.45, 7) is 1.59. The molecule has 0 saturated carbocycles. The lowest BCUT2D eigenvalue weighted by molar-refractivity contribution is -0.123. The quantitative estimate of drug-likeness (QED) is 0.813. The molecule has 0 N–H and O–H groups in total. The number of carbonyl (C=O) groups excluding carboxylic acids is 1. The molecule has 2 aromatic rings. The van der Waals surface area contributed by atoms with Crippen LogP contribution in [0.4, 0.5) is 5.69 Å². The molecule has 0 spiro atoms. The number of rotatable bonds is 3. The minimum Gasteiger partial charge on any atom is -0.490 e. The summed E-state index contributed by atoms with van der Waals surface area (Å²) >= 11 is 0. The number of amides is 1. The molecule has 0 aliphatic carbocycles. The third-order valence-electron chi connectivity index (χ3n) is 5.11. The maximum Gasteiger partial charge on any atom is 0.243 e. The maximum atomic E-state index is 13.2. The van der Waals surface area contributed by atoms with E-state index < -0.39 is 10.0 Å². The van der Waals surface area contributed by atoms with Crippen LogP contribution in [0.5, 0.6) is 5.75 Å². The van der Waals surface area contributed by atoms with Crippen LogP contribution in [0.3, 0.4) is 0 Å². The van der Waals surface area contributed by atoms with Crippen LogP contribution < -0.4 is 9.64 Å². The second kappa shape index (κ2) is 7.32. The van der Waals surface area contributed by atoms with Gasteiger partial charge in [0.2, 0.25) is 15.9 Å². The number of hydrogen-bond acceptors (Lipinski definition) is 4. The lowest BCUT2D eigenvalue weighted by Crippen LogP contribution is -2.48. The van der Waals surface area contributed by atoms with E-state index in [0.717, 1.165) is 5.69 Å². The molecular weight excluding hydrogens is 364 g/mol. The molecule has 1 atom stereocenters. The SMILES string of the molecule is O=C([C@@H]1CCCN(S(=O)(=O)c2ccccc2)C1)N1CCOc2ccccc21. The summed E-state index contributed by atoms with van der Waals surface area (Å²) in [5.41, 5.74) is 0.761. The third kappa shape index (κ3) is 3.44. The molecule has 6 nitrogen and oxygen atoms in total. The third-order valence-corrected chi connectivity index (χ3v) is 6.99. The fourth-order valence-electron chi connectivity index (χ4n) is 3.72. The van der Waals surface area contributed by atoms with Gasteiger partial charge in [0.05, 0.1) is 23.0 Å². The van der Waals surface area contributed by atoms with Gasteiger partial charge >= 0.3 is 0 Å². The van der Waals surface area contributed by atoms with E-state index >= 15 is 0 Å². The smallest absolute Gasteiger partial charge is 0.243 e. The number of nitrogens with zero attached hydrogens (tertiary/aromatic N) is 2. The Morgan fingerprint density at radius 3 is 2.56 bits per heavy atom. The Labute approximate surface area is 159 Å². The van der Waals surface area contributed by atoms with Crippen molar-refractivity contribution in [2.75, 3.05) is 31.1 Å². The van der Waals surface area contributed by atoms with Gasteiger partial charge in [-0.2, -0.15) is 4.31 Å². The highest BCUT2D eigenvalue weighted by Gasteiger charge is 2.36. The van der Waals surface area contributed by atoms with Crippen molar-refractivity contribution in [2.45, 2.75) is 17.7 Å². The molecule has 4 rings (SSSR count). The van der Waals surface area contributed by atoms with Crippen molar-refractivity contribution in [3.05, 3.63) is 54.6 Å². The van der Waals surface area contributed by atoms with Crippen molar-refractivity contribution in [2.24, 2.45) is 5.92 Å². The van der Waals surface area contributed by atoms with Gasteiger partial charge < -0.3 is 9.64 Å². The van der Waals surface area contributed by atoms with Crippen LogP contribution >= 0.6 is 0 Å². The van der Waals surface area contributed by atoms with E-state index in [4.69, 9.17) is 4.74 Å². The molecule has 27 heavy (non-hydrogen) atoms. The molecule has 2 aromatic carbocycles. The predicted octanol–water partition coefficient (Wildman–Crippen LogP) is 2.51. The highest BCUT2D eigenvalue weighted by molar-refractivity contribution is 7.89.